The van der Waals surface area contributed by atoms with Crippen LogP contribution in [0, 0.1) is 0 Å². The van der Waals surface area contributed by atoms with Crippen LogP contribution in [-0.4, -0.2) is 30.1 Å². The second kappa shape index (κ2) is 7.16. The summed E-state index contributed by atoms with van der Waals surface area (Å²) in [5, 5.41) is 0. The van der Waals surface area contributed by atoms with E-state index in [4.69, 9.17) is 5.73 Å². The number of thioether (sulfide) groups is 1. The van der Waals surface area contributed by atoms with E-state index in [-0.39, 0.29) is 11.9 Å². The molecule has 1 heterocycles. The highest BCUT2D eigenvalue weighted by atomic mass is 32.2. The molecule has 0 saturated heterocycles. The highest BCUT2D eigenvalue weighted by Crippen LogP contribution is 2.45. The molecule has 1 aliphatic heterocycles. The SMILES string of the molecule is CSc1cccc(C2(C)N=C(N)N(C)C(=O)C2c2ccc(C(F)(F)F)cc2)c1. The molecule has 28 heavy (non-hydrogen) atoms. The van der Waals surface area contributed by atoms with Crippen LogP contribution in [0.4, 0.5) is 13.2 Å². The molecule has 0 aromatic heterocycles. The number of alkyl halides is 3. The quantitative estimate of drug-likeness (QED) is 0.776. The van der Waals surface area contributed by atoms with Gasteiger partial charge in [0, 0.05) is 11.9 Å². The van der Waals surface area contributed by atoms with Crippen molar-refractivity contribution >= 4 is 23.6 Å². The van der Waals surface area contributed by atoms with Crippen LogP contribution in [0.1, 0.15) is 29.5 Å². The fourth-order valence-electron chi connectivity index (χ4n) is 3.43. The fraction of sp³-hybridized carbons (Fsp3) is 0.300. The van der Waals surface area contributed by atoms with E-state index in [0.717, 1.165) is 22.6 Å². The number of halogens is 3. The van der Waals surface area contributed by atoms with Crippen molar-refractivity contribution in [2.45, 2.75) is 29.5 Å². The van der Waals surface area contributed by atoms with Crippen LogP contribution in [0.3, 0.4) is 0 Å². The van der Waals surface area contributed by atoms with Crippen LogP contribution < -0.4 is 5.73 Å². The molecule has 148 valence electrons. The Morgan fingerprint density at radius 1 is 1.18 bits per heavy atom. The third-order valence-corrected chi connectivity index (χ3v) is 5.78. The van der Waals surface area contributed by atoms with Crippen LogP contribution in [-0.2, 0) is 16.5 Å². The molecule has 4 nitrogen and oxygen atoms in total. The highest BCUT2D eigenvalue weighted by molar-refractivity contribution is 7.98. The second-order valence-corrected chi connectivity index (χ2v) is 7.68. The molecular weight excluding hydrogens is 387 g/mol. The molecule has 2 aromatic carbocycles. The van der Waals surface area contributed by atoms with E-state index in [1.165, 1.54) is 24.1 Å². The standard InChI is InChI=1S/C20H20F3N3OS/c1-19(14-5-4-6-15(11-14)28-3)16(17(27)26(2)18(24)25-19)12-7-9-13(10-8-12)20(21,22)23/h4-11,16H,1-3H3,(H2,24,25). The van der Waals surface area contributed by atoms with E-state index in [1.807, 2.05) is 30.5 Å². The molecule has 0 radical (unpaired) electrons. The van der Waals surface area contributed by atoms with Crippen molar-refractivity contribution < 1.29 is 18.0 Å². The van der Waals surface area contributed by atoms with Crippen molar-refractivity contribution in [2.24, 2.45) is 10.7 Å². The number of amides is 1. The van der Waals surface area contributed by atoms with Crippen LogP contribution in [0.15, 0.2) is 58.4 Å². The fourth-order valence-corrected chi connectivity index (χ4v) is 3.88. The van der Waals surface area contributed by atoms with Crippen molar-refractivity contribution in [3.63, 3.8) is 0 Å². The van der Waals surface area contributed by atoms with Crippen molar-refractivity contribution in [2.75, 3.05) is 13.3 Å². The zero-order valence-corrected chi connectivity index (χ0v) is 16.4. The number of carbonyl (C=O) groups is 1. The predicted molar refractivity (Wildman–Crippen MR) is 104 cm³/mol. The topological polar surface area (TPSA) is 58.7 Å². The van der Waals surface area contributed by atoms with Gasteiger partial charge in [-0.2, -0.15) is 13.2 Å². The molecule has 2 atom stereocenters. The Hall–Kier alpha value is -2.48. The van der Waals surface area contributed by atoms with Gasteiger partial charge >= 0.3 is 6.18 Å². The third-order valence-electron chi connectivity index (χ3n) is 5.06. The van der Waals surface area contributed by atoms with E-state index < -0.39 is 23.2 Å². The monoisotopic (exact) mass is 407 g/mol. The second-order valence-electron chi connectivity index (χ2n) is 6.80. The van der Waals surface area contributed by atoms with Gasteiger partial charge < -0.3 is 5.73 Å². The molecule has 2 unspecified atom stereocenters. The molecule has 1 aliphatic rings. The molecule has 0 saturated carbocycles. The van der Waals surface area contributed by atoms with Crippen LogP contribution in [0.2, 0.25) is 0 Å². The number of guanidine groups is 1. The predicted octanol–water partition coefficient (Wildman–Crippen LogP) is 4.21. The van der Waals surface area contributed by atoms with E-state index in [0.29, 0.717) is 5.56 Å². The van der Waals surface area contributed by atoms with Crippen LogP contribution in [0.5, 0.6) is 0 Å². The summed E-state index contributed by atoms with van der Waals surface area (Å²) in [5.74, 6) is -1.04. The summed E-state index contributed by atoms with van der Waals surface area (Å²) in [4.78, 5) is 19.9. The lowest BCUT2D eigenvalue weighted by Crippen LogP contribution is -2.52. The van der Waals surface area contributed by atoms with Gasteiger partial charge in [0.25, 0.3) is 0 Å². The number of benzene rings is 2. The number of hydrogen-bond donors (Lipinski definition) is 1. The van der Waals surface area contributed by atoms with Crippen LogP contribution >= 0.6 is 11.8 Å². The van der Waals surface area contributed by atoms with Crippen molar-refractivity contribution in [1.29, 1.82) is 0 Å². The maximum atomic E-state index is 13.1. The molecule has 0 aliphatic carbocycles. The van der Waals surface area contributed by atoms with Gasteiger partial charge in [-0.3, -0.25) is 9.69 Å². The first-order valence-corrected chi connectivity index (χ1v) is 9.75. The summed E-state index contributed by atoms with van der Waals surface area (Å²) in [5.41, 5.74) is 5.40. The van der Waals surface area contributed by atoms with Gasteiger partial charge in [0.2, 0.25) is 5.91 Å². The Morgan fingerprint density at radius 2 is 1.82 bits per heavy atom. The van der Waals surface area contributed by atoms with E-state index in [1.54, 1.807) is 18.7 Å². The minimum atomic E-state index is -4.44. The van der Waals surface area contributed by atoms with E-state index >= 15 is 0 Å². The zero-order chi connectivity index (χ0) is 20.7. The van der Waals surface area contributed by atoms with Crippen molar-refractivity contribution in [3.05, 3.63) is 65.2 Å². The molecule has 8 heteroatoms. The van der Waals surface area contributed by atoms with Gasteiger partial charge in [-0.15, -0.1) is 11.8 Å². The maximum absolute atomic E-state index is 13.1. The lowest BCUT2D eigenvalue weighted by Gasteiger charge is -2.41. The summed E-state index contributed by atoms with van der Waals surface area (Å²) in [6.45, 7) is 1.78. The van der Waals surface area contributed by atoms with Gasteiger partial charge in [-0.05, 0) is 48.6 Å². The van der Waals surface area contributed by atoms with Gasteiger partial charge in [-0.25, -0.2) is 4.99 Å². The van der Waals surface area contributed by atoms with Gasteiger partial charge in [0.05, 0.1) is 11.5 Å². The molecule has 2 N–H and O–H groups in total. The number of likely N-dealkylation sites (N-methyl/N-ethyl adjacent to an activating group) is 1. The Kier molecular flexibility index (Phi) is 5.18. The number of rotatable bonds is 3. The molecular formula is C20H20F3N3OS. The summed E-state index contributed by atoms with van der Waals surface area (Å²) in [6.07, 6.45) is -2.50. The number of nitrogens with two attached hydrogens (primary N) is 1. The first-order valence-electron chi connectivity index (χ1n) is 8.52. The molecule has 0 fully saturated rings. The molecule has 0 bridgehead atoms. The van der Waals surface area contributed by atoms with Crippen molar-refractivity contribution in [1.82, 2.24) is 4.90 Å². The zero-order valence-electron chi connectivity index (χ0n) is 15.6. The Labute approximate surface area is 165 Å². The Morgan fingerprint density at radius 3 is 2.39 bits per heavy atom. The van der Waals surface area contributed by atoms with Gasteiger partial charge in [-0.1, -0.05) is 24.3 Å². The summed E-state index contributed by atoms with van der Waals surface area (Å²) >= 11 is 1.55. The maximum Gasteiger partial charge on any atom is 0.416 e. The van der Waals surface area contributed by atoms with Crippen LogP contribution in [0.25, 0.3) is 0 Å². The Bertz CT molecular complexity index is 927. The molecule has 0 spiro atoms. The van der Waals surface area contributed by atoms with Gasteiger partial charge in [0.15, 0.2) is 5.96 Å². The summed E-state index contributed by atoms with van der Waals surface area (Å²) in [6, 6.07) is 12.2. The largest absolute Gasteiger partial charge is 0.416 e. The van der Waals surface area contributed by atoms with Gasteiger partial charge in [0.1, 0.15) is 5.54 Å². The molecule has 2 aromatic rings. The minimum Gasteiger partial charge on any atom is -0.369 e. The minimum absolute atomic E-state index is 0.0743. The number of hydrogen-bond acceptors (Lipinski definition) is 4. The number of aliphatic imine (C=N–C) groups is 1. The summed E-state index contributed by atoms with van der Waals surface area (Å²) < 4.78 is 38.8. The van der Waals surface area contributed by atoms with E-state index in [2.05, 4.69) is 4.99 Å². The van der Waals surface area contributed by atoms with Crippen molar-refractivity contribution in [3.8, 4) is 0 Å². The normalized spacial score (nSPS) is 22.9. The average molecular weight is 407 g/mol. The molecule has 1 amide bonds. The Balaban J connectivity index is 2.16. The number of nitrogens with zero attached hydrogens (tertiary/aromatic N) is 2. The smallest absolute Gasteiger partial charge is 0.369 e. The average Bonchev–Trinajstić information content (AvgIpc) is 2.66. The first kappa shape index (κ1) is 20.3. The first-order chi connectivity index (χ1) is 13.1. The third kappa shape index (κ3) is 3.48. The van der Waals surface area contributed by atoms with E-state index in [9.17, 15) is 18.0 Å². The lowest BCUT2D eigenvalue weighted by atomic mass is 9.74. The highest BCUT2D eigenvalue weighted by Gasteiger charge is 2.47. The lowest BCUT2D eigenvalue weighted by molar-refractivity contribution is -0.137. The molecule has 3 rings (SSSR count). The summed E-state index contributed by atoms with van der Waals surface area (Å²) in [7, 11) is 1.51. The number of carbonyl (C=O) groups excluding carboxylic acids is 1.